The van der Waals surface area contributed by atoms with Gasteiger partial charge in [-0.15, -0.1) is 6.58 Å². The topological polar surface area (TPSA) is 89.8 Å². The van der Waals surface area contributed by atoms with Crippen molar-refractivity contribution in [3.63, 3.8) is 0 Å². The van der Waals surface area contributed by atoms with Crippen molar-refractivity contribution in [3.05, 3.63) is 46.9 Å². The molecule has 0 radical (unpaired) electrons. The first-order valence-electron chi connectivity index (χ1n) is 6.43. The van der Waals surface area contributed by atoms with Crippen molar-refractivity contribution in [2.45, 2.75) is 13.0 Å². The van der Waals surface area contributed by atoms with Crippen molar-refractivity contribution < 1.29 is 4.79 Å². The number of imidazole rings is 1. The zero-order valence-electron chi connectivity index (χ0n) is 11.3. The highest BCUT2D eigenvalue weighted by Crippen LogP contribution is 2.16. The van der Waals surface area contributed by atoms with Crippen molar-refractivity contribution in [1.82, 2.24) is 20.6 Å². The van der Waals surface area contributed by atoms with Gasteiger partial charge in [0.15, 0.2) is 0 Å². The molecule has 1 unspecified atom stereocenters. The van der Waals surface area contributed by atoms with Gasteiger partial charge in [0.1, 0.15) is 0 Å². The molecule has 20 heavy (non-hydrogen) atoms. The van der Waals surface area contributed by atoms with Gasteiger partial charge in [-0.3, -0.25) is 4.79 Å². The van der Waals surface area contributed by atoms with E-state index in [1.165, 1.54) is 0 Å². The predicted molar refractivity (Wildman–Crippen MR) is 78.5 cm³/mol. The fraction of sp³-hybridized carbons (Fsp3) is 0.286. The molecule has 0 aliphatic carbocycles. The normalized spacial score (nSPS) is 12.2. The number of aromatic nitrogens is 2. The monoisotopic (exact) mass is 274 g/mol. The smallest absolute Gasteiger partial charge is 0.323 e. The number of carbonyl (C=O) groups excluding carboxylic acids is 1. The van der Waals surface area contributed by atoms with Gasteiger partial charge in [0.2, 0.25) is 5.91 Å². The van der Waals surface area contributed by atoms with Crippen molar-refractivity contribution in [1.29, 1.82) is 0 Å². The number of aromatic amines is 2. The maximum atomic E-state index is 11.7. The Bertz CT molecular complexity index is 671. The number of benzene rings is 1. The van der Waals surface area contributed by atoms with Crippen molar-refractivity contribution >= 4 is 16.9 Å². The largest absolute Gasteiger partial charge is 0.348 e. The van der Waals surface area contributed by atoms with Crippen LogP contribution in [-0.4, -0.2) is 29.0 Å². The van der Waals surface area contributed by atoms with Gasteiger partial charge < -0.3 is 20.6 Å². The summed E-state index contributed by atoms with van der Waals surface area (Å²) in [4.78, 5) is 28.3. The Morgan fingerprint density at radius 3 is 2.90 bits per heavy atom. The molecule has 0 aliphatic heterocycles. The minimum Gasteiger partial charge on any atom is -0.348 e. The zero-order valence-corrected chi connectivity index (χ0v) is 11.3. The molecule has 0 spiro atoms. The average molecular weight is 274 g/mol. The van der Waals surface area contributed by atoms with Crippen molar-refractivity contribution in [2.24, 2.45) is 0 Å². The van der Waals surface area contributed by atoms with Crippen LogP contribution in [0.2, 0.25) is 0 Å². The molecule has 0 bridgehead atoms. The average Bonchev–Trinajstić information content (AvgIpc) is 2.77. The summed E-state index contributed by atoms with van der Waals surface area (Å²) in [5, 5.41) is 5.83. The Morgan fingerprint density at radius 2 is 2.15 bits per heavy atom. The first kappa shape index (κ1) is 14.1. The van der Waals surface area contributed by atoms with Gasteiger partial charge in [-0.25, -0.2) is 4.79 Å². The Hall–Kier alpha value is -2.34. The molecule has 0 saturated heterocycles. The third kappa shape index (κ3) is 3.36. The lowest BCUT2D eigenvalue weighted by Gasteiger charge is -2.14. The van der Waals surface area contributed by atoms with Crippen LogP contribution in [-0.2, 0) is 4.79 Å². The zero-order chi connectivity index (χ0) is 14.5. The summed E-state index contributed by atoms with van der Waals surface area (Å²) >= 11 is 0. The number of nitrogens with one attached hydrogen (secondary N) is 4. The van der Waals surface area contributed by atoms with Crippen LogP contribution in [0.4, 0.5) is 0 Å². The molecule has 0 saturated carbocycles. The van der Waals surface area contributed by atoms with Crippen molar-refractivity contribution in [3.8, 4) is 0 Å². The van der Waals surface area contributed by atoms with E-state index in [-0.39, 0.29) is 24.2 Å². The Kier molecular flexibility index (Phi) is 4.37. The van der Waals surface area contributed by atoms with Gasteiger partial charge in [-0.05, 0) is 24.6 Å². The number of fused-ring (bicyclic) bond motifs is 1. The molecule has 0 fully saturated rings. The lowest BCUT2D eigenvalue weighted by molar-refractivity contribution is -0.120. The van der Waals surface area contributed by atoms with E-state index in [0.29, 0.717) is 6.54 Å². The van der Waals surface area contributed by atoms with Gasteiger partial charge >= 0.3 is 5.69 Å². The maximum absolute atomic E-state index is 11.7. The first-order valence-corrected chi connectivity index (χ1v) is 6.43. The third-order valence-electron chi connectivity index (χ3n) is 2.99. The summed E-state index contributed by atoms with van der Waals surface area (Å²) in [5.41, 5.74) is 2.19. The molecule has 1 atom stereocenters. The molecule has 2 rings (SSSR count). The Balaban J connectivity index is 2.03. The summed E-state index contributed by atoms with van der Waals surface area (Å²) in [7, 11) is 0. The van der Waals surface area contributed by atoms with Gasteiger partial charge in [-0.1, -0.05) is 12.1 Å². The second-order valence-corrected chi connectivity index (χ2v) is 4.59. The number of hydrogen-bond acceptors (Lipinski definition) is 3. The maximum Gasteiger partial charge on any atom is 0.323 e. The molecule has 0 aliphatic rings. The molecule has 106 valence electrons. The molecule has 1 amide bonds. The van der Waals surface area contributed by atoms with Crippen LogP contribution >= 0.6 is 0 Å². The van der Waals surface area contributed by atoms with Crippen LogP contribution in [0.3, 0.4) is 0 Å². The summed E-state index contributed by atoms with van der Waals surface area (Å²) < 4.78 is 0. The summed E-state index contributed by atoms with van der Waals surface area (Å²) in [6.45, 7) is 6.32. The first-order chi connectivity index (χ1) is 9.60. The van der Waals surface area contributed by atoms with Crippen LogP contribution in [0.25, 0.3) is 11.0 Å². The lowest BCUT2D eigenvalue weighted by atomic mass is 10.1. The number of rotatable bonds is 6. The number of hydrogen-bond donors (Lipinski definition) is 4. The summed E-state index contributed by atoms with van der Waals surface area (Å²) in [6, 6.07) is 5.43. The van der Waals surface area contributed by atoms with Crippen molar-refractivity contribution in [2.75, 3.05) is 13.1 Å². The highest BCUT2D eigenvalue weighted by molar-refractivity contribution is 5.79. The fourth-order valence-corrected chi connectivity index (χ4v) is 1.98. The molecule has 6 nitrogen and oxygen atoms in total. The lowest BCUT2D eigenvalue weighted by Crippen LogP contribution is -2.35. The molecular weight excluding hydrogens is 256 g/mol. The van der Waals surface area contributed by atoms with E-state index in [9.17, 15) is 9.59 Å². The number of carbonyl (C=O) groups is 1. The van der Waals surface area contributed by atoms with E-state index in [1.807, 2.05) is 25.1 Å². The fourth-order valence-electron chi connectivity index (χ4n) is 1.98. The van der Waals surface area contributed by atoms with Crippen LogP contribution < -0.4 is 16.3 Å². The highest BCUT2D eigenvalue weighted by Gasteiger charge is 2.10. The quantitative estimate of drug-likeness (QED) is 0.464. The van der Waals surface area contributed by atoms with Gasteiger partial charge in [-0.2, -0.15) is 0 Å². The Morgan fingerprint density at radius 1 is 1.40 bits per heavy atom. The van der Waals surface area contributed by atoms with Crippen LogP contribution in [0.15, 0.2) is 35.6 Å². The Labute approximate surface area is 116 Å². The van der Waals surface area contributed by atoms with Gasteiger partial charge in [0.25, 0.3) is 0 Å². The molecule has 4 N–H and O–H groups in total. The molecular formula is C14H18N4O2. The van der Waals surface area contributed by atoms with E-state index < -0.39 is 0 Å². The predicted octanol–water partition coefficient (Wildman–Crippen LogP) is 0.809. The van der Waals surface area contributed by atoms with Gasteiger partial charge in [0, 0.05) is 6.54 Å². The molecule has 1 aromatic carbocycles. The second kappa shape index (κ2) is 6.21. The third-order valence-corrected chi connectivity index (χ3v) is 2.99. The molecule has 1 heterocycles. The molecule has 2 aromatic rings. The minimum atomic E-state index is -0.234. The molecule has 6 heteroatoms. The molecule has 1 aromatic heterocycles. The second-order valence-electron chi connectivity index (χ2n) is 4.59. The van der Waals surface area contributed by atoms with Crippen LogP contribution in [0.5, 0.6) is 0 Å². The van der Waals surface area contributed by atoms with E-state index in [1.54, 1.807) is 6.08 Å². The minimum absolute atomic E-state index is 0.0815. The summed E-state index contributed by atoms with van der Waals surface area (Å²) in [6.07, 6.45) is 1.70. The number of H-pyrrole nitrogens is 2. The number of amides is 1. The van der Waals surface area contributed by atoms with Crippen LogP contribution in [0, 0.1) is 0 Å². The highest BCUT2D eigenvalue weighted by atomic mass is 16.2. The van der Waals surface area contributed by atoms with E-state index in [0.717, 1.165) is 16.6 Å². The van der Waals surface area contributed by atoms with E-state index in [4.69, 9.17) is 0 Å². The van der Waals surface area contributed by atoms with E-state index >= 15 is 0 Å². The van der Waals surface area contributed by atoms with Gasteiger partial charge in [0.05, 0.1) is 23.6 Å². The standard InChI is InChI=1S/C14H18N4O2/c1-3-6-15-8-13(19)16-9(2)10-4-5-11-12(7-10)18-14(20)17-11/h3-5,7,9,15H,1,6,8H2,2H3,(H,16,19)(H2,17,18,20). The van der Waals surface area contributed by atoms with E-state index in [2.05, 4.69) is 27.2 Å². The SMILES string of the molecule is C=CCNCC(=O)NC(C)c1ccc2[nH]c(=O)[nH]c2c1. The summed E-state index contributed by atoms with van der Waals surface area (Å²) in [5.74, 6) is -0.0815. The van der Waals surface area contributed by atoms with Crippen LogP contribution in [0.1, 0.15) is 18.5 Å².